The van der Waals surface area contributed by atoms with E-state index in [4.69, 9.17) is 9.47 Å². The van der Waals surface area contributed by atoms with Crippen molar-refractivity contribution < 1.29 is 22.7 Å². The fourth-order valence-corrected chi connectivity index (χ4v) is 4.99. The molecule has 0 spiro atoms. The number of hydrogen-bond donors (Lipinski definition) is 1. The monoisotopic (exact) mass is 450 g/mol. The number of hydrogen-bond acceptors (Lipinski definition) is 6. The summed E-state index contributed by atoms with van der Waals surface area (Å²) in [4.78, 5) is 17.0. The number of aromatic nitrogens is 2. The van der Waals surface area contributed by atoms with Gasteiger partial charge in [0.25, 0.3) is 10.0 Å². The number of anilines is 1. The molecule has 31 heavy (non-hydrogen) atoms. The first-order valence-electron chi connectivity index (χ1n) is 10.6. The molecule has 9 nitrogen and oxygen atoms in total. The Morgan fingerprint density at radius 3 is 2.68 bits per heavy atom. The number of carbonyl (C=O) groups is 1. The largest absolute Gasteiger partial charge is 0.494 e. The molecule has 10 heteroatoms. The van der Waals surface area contributed by atoms with Gasteiger partial charge in [-0.3, -0.25) is 4.79 Å². The molecule has 1 aliphatic heterocycles. The van der Waals surface area contributed by atoms with Crippen molar-refractivity contribution in [1.29, 1.82) is 0 Å². The normalized spacial score (nSPS) is 17.3. The Kier molecular flexibility index (Phi) is 7.55. The van der Waals surface area contributed by atoms with Crippen molar-refractivity contribution in [2.75, 3.05) is 31.6 Å². The van der Waals surface area contributed by atoms with Crippen LogP contribution in [0.4, 0.5) is 5.69 Å². The van der Waals surface area contributed by atoms with E-state index in [1.165, 1.54) is 16.8 Å². The van der Waals surface area contributed by atoms with E-state index in [0.29, 0.717) is 56.3 Å². The second-order valence-electron chi connectivity index (χ2n) is 7.26. The number of rotatable bonds is 9. The number of amides is 1. The van der Waals surface area contributed by atoms with Crippen molar-refractivity contribution in [3.8, 4) is 11.5 Å². The molecule has 1 atom stereocenters. The number of benzene rings is 1. The van der Waals surface area contributed by atoms with Gasteiger partial charge in [-0.15, -0.1) is 0 Å². The van der Waals surface area contributed by atoms with Gasteiger partial charge in [0.15, 0.2) is 5.03 Å². The van der Waals surface area contributed by atoms with E-state index in [1.807, 2.05) is 20.8 Å². The summed E-state index contributed by atoms with van der Waals surface area (Å²) in [7, 11) is -3.74. The van der Waals surface area contributed by atoms with Gasteiger partial charge in [0.2, 0.25) is 5.91 Å². The molecule has 0 unspecified atom stereocenters. The Labute approximate surface area is 183 Å². The first kappa shape index (κ1) is 23.1. The zero-order chi connectivity index (χ0) is 22.4. The minimum Gasteiger partial charge on any atom is -0.494 e. The average molecular weight is 451 g/mol. The summed E-state index contributed by atoms with van der Waals surface area (Å²) >= 11 is 0. The molecule has 1 fully saturated rings. The summed E-state index contributed by atoms with van der Waals surface area (Å²) in [6, 6.07) is 5.27. The Hall–Kier alpha value is -2.59. The lowest BCUT2D eigenvalue weighted by molar-refractivity contribution is -0.120. The van der Waals surface area contributed by atoms with Crippen LogP contribution in [0, 0.1) is 5.92 Å². The predicted octanol–water partition coefficient (Wildman–Crippen LogP) is 2.74. The summed E-state index contributed by atoms with van der Waals surface area (Å²) in [5.41, 5.74) is 0.513. The Morgan fingerprint density at radius 2 is 2.00 bits per heavy atom. The number of imidazole rings is 1. The van der Waals surface area contributed by atoms with Crippen LogP contribution in [0.5, 0.6) is 11.5 Å². The van der Waals surface area contributed by atoms with Crippen molar-refractivity contribution >= 4 is 21.6 Å². The van der Waals surface area contributed by atoms with Crippen molar-refractivity contribution in [3.05, 3.63) is 30.7 Å². The molecular formula is C21H30N4O5S. The molecule has 2 aromatic rings. The minimum absolute atomic E-state index is 0.0125. The summed E-state index contributed by atoms with van der Waals surface area (Å²) < 4.78 is 40.2. The van der Waals surface area contributed by atoms with Gasteiger partial charge < -0.3 is 19.4 Å². The molecule has 1 aromatic heterocycles. The van der Waals surface area contributed by atoms with E-state index in [-0.39, 0.29) is 17.5 Å². The maximum atomic E-state index is 13.0. The molecule has 0 saturated carbocycles. The second kappa shape index (κ2) is 10.1. The van der Waals surface area contributed by atoms with Crippen LogP contribution in [-0.2, 0) is 21.4 Å². The van der Waals surface area contributed by atoms with Gasteiger partial charge >= 0.3 is 0 Å². The van der Waals surface area contributed by atoms with Crippen molar-refractivity contribution in [1.82, 2.24) is 13.9 Å². The fourth-order valence-electron chi connectivity index (χ4n) is 3.53. The molecular weight excluding hydrogens is 420 g/mol. The highest BCUT2D eigenvalue weighted by atomic mass is 32.2. The number of piperidine rings is 1. The Bertz CT molecular complexity index is 1000. The second-order valence-corrected chi connectivity index (χ2v) is 9.14. The lowest BCUT2D eigenvalue weighted by Gasteiger charge is -2.30. The highest BCUT2D eigenvalue weighted by Crippen LogP contribution is 2.31. The topological polar surface area (TPSA) is 103 Å². The third-order valence-electron chi connectivity index (χ3n) is 5.15. The van der Waals surface area contributed by atoms with Gasteiger partial charge in [-0.2, -0.15) is 4.31 Å². The molecule has 3 rings (SSSR count). The van der Waals surface area contributed by atoms with Gasteiger partial charge in [-0.05, 0) is 45.7 Å². The number of aryl methyl sites for hydroxylation is 1. The predicted molar refractivity (Wildman–Crippen MR) is 117 cm³/mol. The van der Waals surface area contributed by atoms with Crippen molar-refractivity contribution in [2.45, 2.75) is 45.2 Å². The van der Waals surface area contributed by atoms with Crippen LogP contribution in [0.25, 0.3) is 0 Å². The van der Waals surface area contributed by atoms with Crippen LogP contribution in [0.15, 0.2) is 35.7 Å². The highest BCUT2D eigenvalue weighted by Gasteiger charge is 2.34. The van der Waals surface area contributed by atoms with Crippen LogP contribution >= 0.6 is 0 Å². The molecule has 2 heterocycles. The molecule has 0 aliphatic carbocycles. The van der Waals surface area contributed by atoms with Gasteiger partial charge in [0, 0.05) is 31.9 Å². The lowest BCUT2D eigenvalue weighted by Crippen LogP contribution is -2.43. The molecule has 1 aliphatic rings. The lowest BCUT2D eigenvalue weighted by atomic mass is 9.98. The highest BCUT2D eigenvalue weighted by molar-refractivity contribution is 7.89. The summed E-state index contributed by atoms with van der Waals surface area (Å²) in [6.45, 7) is 7.74. The third kappa shape index (κ3) is 5.37. The van der Waals surface area contributed by atoms with E-state index in [9.17, 15) is 13.2 Å². The quantitative estimate of drug-likeness (QED) is 0.630. The first-order chi connectivity index (χ1) is 14.9. The zero-order valence-corrected chi connectivity index (χ0v) is 19.0. The maximum absolute atomic E-state index is 13.0. The number of sulfonamides is 1. The van der Waals surface area contributed by atoms with Gasteiger partial charge in [-0.1, -0.05) is 0 Å². The third-order valence-corrected chi connectivity index (χ3v) is 6.90. The number of ether oxygens (including phenoxy) is 2. The standard InChI is InChI=1S/C21H30N4O5S/c1-4-24-14-20(22-15-24)31(27,28)25-11-7-8-16(13-25)21(26)23-18-12-17(29-5-2)9-10-19(18)30-6-3/h9-10,12,14-16H,4-8,11,13H2,1-3H3,(H,23,26)/t16-/m1/s1. The Balaban J connectivity index is 1.74. The fraction of sp³-hybridized carbons (Fsp3) is 0.524. The van der Waals surface area contributed by atoms with Crippen LogP contribution in [0.2, 0.25) is 0 Å². The van der Waals surface area contributed by atoms with E-state index in [0.717, 1.165) is 0 Å². The molecule has 1 aromatic carbocycles. The maximum Gasteiger partial charge on any atom is 0.262 e. The number of carbonyl (C=O) groups excluding carboxylic acids is 1. The Morgan fingerprint density at radius 1 is 1.23 bits per heavy atom. The van der Waals surface area contributed by atoms with Crippen molar-refractivity contribution in [2.24, 2.45) is 5.92 Å². The molecule has 1 saturated heterocycles. The summed E-state index contributed by atoms with van der Waals surface area (Å²) in [5, 5.41) is 2.92. The summed E-state index contributed by atoms with van der Waals surface area (Å²) in [6.07, 6.45) is 4.23. The smallest absolute Gasteiger partial charge is 0.262 e. The SMILES string of the molecule is CCOc1ccc(OCC)c(NC(=O)[C@@H]2CCCN(S(=O)(=O)c3cn(CC)cn3)C2)c1. The van der Waals surface area contributed by atoms with E-state index in [1.54, 1.807) is 22.8 Å². The van der Waals surface area contributed by atoms with Crippen molar-refractivity contribution in [3.63, 3.8) is 0 Å². The first-order valence-corrected chi connectivity index (χ1v) is 12.0. The molecule has 170 valence electrons. The van der Waals surface area contributed by atoms with Crippen LogP contribution in [0.3, 0.4) is 0 Å². The van der Waals surface area contributed by atoms with Gasteiger partial charge in [-0.25, -0.2) is 13.4 Å². The van der Waals surface area contributed by atoms with E-state index >= 15 is 0 Å². The number of nitrogens with one attached hydrogen (secondary N) is 1. The minimum atomic E-state index is -3.74. The van der Waals surface area contributed by atoms with Crippen LogP contribution in [-0.4, -0.2) is 54.5 Å². The van der Waals surface area contributed by atoms with Gasteiger partial charge in [0.05, 0.1) is 31.1 Å². The van der Waals surface area contributed by atoms with E-state index in [2.05, 4.69) is 10.3 Å². The molecule has 0 bridgehead atoms. The zero-order valence-electron chi connectivity index (χ0n) is 18.2. The summed E-state index contributed by atoms with van der Waals surface area (Å²) in [5.74, 6) is 0.459. The van der Waals surface area contributed by atoms with Crippen LogP contribution in [0.1, 0.15) is 33.6 Å². The number of nitrogens with zero attached hydrogens (tertiary/aromatic N) is 3. The van der Waals surface area contributed by atoms with Gasteiger partial charge in [0.1, 0.15) is 11.5 Å². The molecule has 1 N–H and O–H groups in total. The van der Waals surface area contributed by atoms with E-state index < -0.39 is 15.9 Å². The molecule has 0 radical (unpaired) electrons. The average Bonchev–Trinajstić information content (AvgIpc) is 3.26. The van der Waals surface area contributed by atoms with Crippen LogP contribution < -0.4 is 14.8 Å². The molecule has 1 amide bonds.